The molecular weight excluding hydrogens is 308 g/mol. The maximum atomic E-state index is 3.51. The zero-order valence-electron chi connectivity index (χ0n) is 10.8. The molecule has 1 radical (unpaired) electrons. The second-order valence-corrected chi connectivity index (χ2v) is 5.89. The summed E-state index contributed by atoms with van der Waals surface area (Å²) in [7, 11) is 0. The van der Waals surface area contributed by atoms with E-state index in [1.54, 1.807) is 0 Å². The molecule has 1 aliphatic rings. The molecule has 0 unspecified atom stereocenters. The molecule has 0 heterocycles. The molecular formula is C19H12Br. The summed E-state index contributed by atoms with van der Waals surface area (Å²) in [5.74, 6) is 1.34. The first-order chi connectivity index (χ1) is 9.84. The van der Waals surface area contributed by atoms with Crippen molar-refractivity contribution in [3.8, 4) is 11.1 Å². The summed E-state index contributed by atoms with van der Waals surface area (Å²) < 4.78 is 1.11. The summed E-state index contributed by atoms with van der Waals surface area (Å²) in [5, 5.41) is 0. The molecule has 3 aromatic rings. The maximum Gasteiger partial charge on any atom is 0.0641 e. The molecule has 3 aromatic carbocycles. The normalized spacial score (nSPS) is 13.1. The Morgan fingerprint density at radius 1 is 0.500 bits per heavy atom. The van der Waals surface area contributed by atoms with E-state index in [0.717, 1.165) is 4.47 Å². The van der Waals surface area contributed by atoms with Gasteiger partial charge in [-0.2, -0.15) is 0 Å². The molecule has 1 aliphatic carbocycles. The Bertz CT molecular complexity index is 726. The van der Waals surface area contributed by atoms with Crippen LogP contribution in [0, 0.1) is 5.92 Å². The highest BCUT2D eigenvalue weighted by Gasteiger charge is 2.29. The lowest BCUT2D eigenvalue weighted by atomic mass is 9.89. The Morgan fingerprint density at radius 3 is 1.45 bits per heavy atom. The molecule has 0 N–H and O–H groups in total. The van der Waals surface area contributed by atoms with Gasteiger partial charge in [0.1, 0.15) is 0 Å². The summed E-state index contributed by atoms with van der Waals surface area (Å²) in [6, 6.07) is 25.9. The number of fused-ring (bicyclic) bond motifs is 3. The van der Waals surface area contributed by atoms with Crippen molar-refractivity contribution >= 4 is 15.9 Å². The first-order valence-corrected chi connectivity index (χ1v) is 7.46. The van der Waals surface area contributed by atoms with Crippen molar-refractivity contribution < 1.29 is 0 Å². The van der Waals surface area contributed by atoms with Crippen LogP contribution in [0.25, 0.3) is 11.1 Å². The fourth-order valence-electron chi connectivity index (χ4n) is 2.94. The Balaban J connectivity index is 1.97. The van der Waals surface area contributed by atoms with Gasteiger partial charge in [-0.3, -0.25) is 0 Å². The van der Waals surface area contributed by atoms with Crippen molar-refractivity contribution in [1.82, 2.24) is 0 Å². The first-order valence-electron chi connectivity index (χ1n) is 6.67. The minimum absolute atomic E-state index is 1.11. The van der Waals surface area contributed by atoms with Gasteiger partial charge >= 0.3 is 0 Å². The standard InChI is InChI=1S/C19H12Br/c20-14-11-9-13(10-12-14)19-17-7-3-1-5-15(17)16-6-2-4-8-18(16)19/h1-12H. The number of halogens is 1. The van der Waals surface area contributed by atoms with Gasteiger partial charge in [-0.15, -0.1) is 0 Å². The lowest BCUT2D eigenvalue weighted by Crippen LogP contribution is -1.99. The van der Waals surface area contributed by atoms with Gasteiger partial charge in [0, 0.05) is 4.47 Å². The number of rotatable bonds is 1. The Kier molecular flexibility index (Phi) is 2.75. The quantitative estimate of drug-likeness (QED) is 0.437. The highest BCUT2D eigenvalue weighted by Crippen LogP contribution is 2.46. The summed E-state index contributed by atoms with van der Waals surface area (Å²) in [4.78, 5) is 0. The molecule has 0 nitrogen and oxygen atoms in total. The van der Waals surface area contributed by atoms with E-state index in [0.29, 0.717) is 0 Å². The first kappa shape index (κ1) is 11.9. The average molecular weight is 320 g/mol. The van der Waals surface area contributed by atoms with Crippen molar-refractivity contribution in [3.63, 3.8) is 0 Å². The second kappa shape index (κ2) is 4.60. The van der Waals surface area contributed by atoms with Crippen LogP contribution in [0.1, 0.15) is 16.7 Å². The molecule has 0 spiro atoms. The number of benzene rings is 3. The van der Waals surface area contributed by atoms with E-state index < -0.39 is 0 Å². The van der Waals surface area contributed by atoms with Crippen molar-refractivity contribution in [3.05, 3.63) is 99.9 Å². The third kappa shape index (κ3) is 1.74. The van der Waals surface area contributed by atoms with E-state index in [9.17, 15) is 0 Å². The Morgan fingerprint density at radius 2 is 0.950 bits per heavy atom. The van der Waals surface area contributed by atoms with Gasteiger partial charge in [0.2, 0.25) is 0 Å². The Labute approximate surface area is 127 Å². The summed E-state index contributed by atoms with van der Waals surface area (Å²) in [6.45, 7) is 0. The molecule has 0 aliphatic heterocycles. The molecule has 4 rings (SSSR count). The van der Waals surface area contributed by atoms with Crippen LogP contribution in [0.5, 0.6) is 0 Å². The molecule has 0 saturated heterocycles. The maximum absolute atomic E-state index is 3.51. The van der Waals surface area contributed by atoms with Gasteiger partial charge in [0.25, 0.3) is 0 Å². The number of hydrogen-bond acceptors (Lipinski definition) is 0. The zero-order chi connectivity index (χ0) is 13.5. The van der Waals surface area contributed by atoms with Crippen LogP contribution < -0.4 is 0 Å². The van der Waals surface area contributed by atoms with Crippen LogP contribution in [-0.2, 0) is 0 Å². The van der Waals surface area contributed by atoms with Crippen LogP contribution in [0.15, 0.2) is 77.3 Å². The van der Waals surface area contributed by atoms with Crippen LogP contribution in [0.3, 0.4) is 0 Å². The molecule has 0 bridgehead atoms. The van der Waals surface area contributed by atoms with Crippen molar-refractivity contribution in [2.75, 3.05) is 0 Å². The van der Waals surface area contributed by atoms with Crippen LogP contribution in [0.2, 0.25) is 0 Å². The van der Waals surface area contributed by atoms with Gasteiger partial charge in [-0.05, 0) is 39.9 Å². The minimum Gasteiger partial charge on any atom is -0.0619 e. The van der Waals surface area contributed by atoms with Crippen LogP contribution in [-0.4, -0.2) is 0 Å². The van der Waals surface area contributed by atoms with Gasteiger partial charge in [0.05, 0.1) is 5.92 Å². The SMILES string of the molecule is Brc1ccc([C]2c3ccccc3-c3ccccc32)cc1. The van der Waals surface area contributed by atoms with Gasteiger partial charge < -0.3 is 0 Å². The molecule has 0 saturated carbocycles. The predicted molar refractivity (Wildman–Crippen MR) is 86.6 cm³/mol. The van der Waals surface area contributed by atoms with Crippen molar-refractivity contribution in [2.24, 2.45) is 0 Å². The third-order valence-corrected chi connectivity index (χ3v) is 4.34. The zero-order valence-corrected chi connectivity index (χ0v) is 12.4. The van der Waals surface area contributed by atoms with E-state index in [4.69, 9.17) is 0 Å². The second-order valence-electron chi connectivity index (χ2n) is 4.97. The van der Waals surface area contributed by atoms with Crippen LogP contribution in [0.4, 0.5) is 0 Å². The van der Waals surface area contributed by atoms with E-state index in [-0.39, 0.29) is 0 Å². The molecule has 0 atom stereocenters. The molecule has 0 amide bonds. The highest BCUT2D eigenvalue weighted by molar-refractivity contribution is 9.10. The van der Waals surface area contributed by atoms with Crippen molar-refractivity contribution in [2.45, 2.75) is 0 Å². The Hall–Kier alpha value is -1.86. The molecule has 0 fully saturated rings. The van der Waals surface area contributed by atoms with Crippen molar-refractivity contribution in [1.29, 1.82) is 0 Å². The fourth-order valence-corrected chi connectivity index (χ4v) is 3.21. The van der Waals surface area contributed by atoms with E-state index in [1.165, 1.54) is 33.7 Å². The summed E-state index contributed by atoms with van der Waals surface area (Å²) in [5.41, 5.74) is 6.60. The van der Waals surface area contributed by atoms with E-state index >= 15 is 0 Å². The van der Waals surface area contributed by atoms with Gasteiger partial charge in [-0.1, -0.05) is 76.6 Å². The van der Waals surface area contributed by atoms with E-state index in [1.807, 2.05) is 0 Å². The average Bonchev–Trinajstić information content (AvgIpc) is 2.83. The predicted octanol–water partition coefficient (Wildman–Crippen LogP) is 5.45. The molecule has 1 heteroatoms. The molecule has 95 valence electrons. The lowest BCUT2D eigenvalue weighted by Gasteiger charge is -2.13. The number of hydrogen-bond donors (Lipinski definition) is 0. The topological polar surface area (TPSA) is 0 Å². The van der Waals surface area contributed by atoms with Crippen LogP contribution >= 0.6 is 15.9 Å². The third-order valence-electron chi connectivity index (χ3n) is 3.82. The molecule has 0 aromatic heterocycles. The molecule has 20 heavy (non-hydrogen) atoms. The highest BCUT2D eigenvalue weighted by atomic mass is 79.9. The van der Waals surface area contributed by atoms with Gasteiger partial charge in [-0.25, -0.2) is 0 Å². The minimum atomic E-state index is 1.11. The monoisotopic (exact) mass is 319 g/mol. The lowest BCUT2D eigenvalue weighted by molar-refractivity contribution is 1.28. The smallest absolute Gasteiger partial charge is 0.0619 e. The fraction of sp³-hybridized carbons (Fsp3) is 0. The summed E-state index contributed by atoms with van der Waals surface area (Å²) in [6.07, 6.45) is 0. The van der Waals surface area contributed by atoms with E-state index in [2.05, 4.69) is 88.7 Å². The largest absolute Gasteiger partial charge is 0.0641 e. The summed E-state index contributed by atoms with van der Waals surface area (Å²) >= 11 is 3.51. The van der Waals surface area contributed by atoms with Gasteiger partial charge in [0.15, 0.2) is 0 Å².